The molecule has 6 nitrogen and oxygen atoms in total. The standard InChI is InChI=1S/C14H14F3N5O/c15-14(16,17)8-22-13(19-9-20-22)11-5-12(23)21(7-11)6-10-1-3-18-4-2-10/h1-4,9,11H,5-8H2/t11-/m1/s1. The van der Waals surface area contributed by atoms with E-state index in [1.165, 1.54) is 0 Å². The van der Waals surface area contributed by atoms with E-state index in [2.05, 4.69) is 15.1 Å². The topological polar surface area (TPSA) is 63.9 Å². The molecule has 1 atom stereocenters. The van der Waals surface area contributed by atoms with Gasteiger partial charge in [-0.25, -0.2) is 9.67 Å². The molecule has 23 heavy (non-hydrogen) atoms. The van der Waals surface area contributed by atoms with E-state index in [1.54, 1.807) is 29.4 Å². The molecular formula is C14H14F3N5O. The van der Waals surface area contributed by atoms with Crippen molar-refractivity contribution in [2.24, 2.45) is 0 Å². The third-order valence-electron chi connectivity index (χ3n) is 3.68. The first-order valence-corrected chi connectivity index (χ1v) is 7.03. The highest BCUT2D eigenvalue weighted by atomic mass is 19.4. The lowest BCUT2D eigenvalue weighted by molar-refractivity contribution is -0.143. The van der Waals surface area contributed by atoms with Gasteiger partial charge in [0.2, 0.25) is 5.91 Å². The summed E-state index contributed by atoms with van der Waals surface area (Å²) in [4.78, 5) is 21.6. The van der Waals surface area contributed by atoms with E-state index >= 15 is 0 Å². The van der Waals surface area contributed by atoms with Gasteiger partial charge in [-0.1, -0.05) is 0 Å². The van der Waals surface area contributed by atoms with Crippen molar-refractivity contribution in [3.8, 4) is 0 Å². The van der Waals surface area contributed by atoms with Crippen molar-refractivity contribution < 1.29 is 18.0 Å². The Morgan fingerprint density at radius 3 is 2.70 bits per heavy atom. The summed E-state index contributed by atoms with van der Waals surface area (Å²) in [5.41, 5.74) is 0.922. The maximum absolute atomic E-state index is 12.6. The van der Waals surface area contributed by atoms with Crippen LogP contribution in [0.5, 0.6) is 0 Å². The van der Waals surface area contributed by atoms with Gasteiger partial charge in [0.05, 0.1) is 0 Å². The van der Waals surface area contributed by atoms with Crippen molar-refractivity contribution >= 4 is 5.91 Å². The first-order chi connectivity index (χ1) is 10.9. The number of hydrogen-bond donors (Lipinski definition) is 0. The molecule has 1 amide bonds. The molecule has 0 aliphatic carbocycles. The van der Waals surface area contributed by atoms with Crippen LogP contribution in [0.1, 0.15) is 23.7 Å². The Morgan fingerprint density at radius 2 is 2.00 bits per heavy atom. The number of carbonyl (C=O) groups is 1. The summed E-state index contributed by atoms with van der Waals surface area (Å²) in [7, 11) is 0. The monoisotopic (exact) mass is 325 g/mol. The largest absolute Gasteiger partial charge is 0.408 e. The molecular weight excluding hydrogens is 311 g/mol. The van der Waals surface area contributed by atoms with Gasteiger partial charge in [-0.15, -0.1) is 0 Å². The summed E-state index contributed by atoms with van der Waals surface area (Å²) >= 11 is 0. The fourth-order valence-corrected chi connectivity index (χ4v) is 2.69. The number of halogens is 3. The number of pyridine rings is 1. The Hall–Kier alpha value is -2.45. The molecule has 3 rings (SSSR count). The maximum Gasteiger partial charge on any atom is 0.408 e. The number of aromatic nitrogens is 4. The van der Waals surface area contributed by atoms with E-state index in [9.17, 15) is 18.0 Å². The summed E-state index contributed by atoms with van der Waals surface area (Å²) in [6, 6.07) is 3.60. The SMILES string of the molecule is O=C1C[C@@H](c2ncnn2CC(F)(F)F)CN1Cc1ccncc1. The van der Waals surface area contributed by atoms with Gasteiger partial charge >= 0.3 is 6.18 Å². The molecule has 2 aromatic heterocycles. The van der Waals surface area contributed by atoms with Crippen LogP contribution >= 0.6 is 0 Å². The quantitative estimate of drug-likeness (QED) is 0.859. The lowest BCUT2D eigenvalue weighted by atomic mass is 10.1. The van der Waals surface area contributed by atoms with Crippen LogP contribution in [0.4, 0.5) is 13.2 Å². The third-order valence-corrected chi connectivity index (χ3v) is 3.68. The van der Waals surface area contributed by atoms with E-state index in [4.69, 9.17) is 0 Å². The molecule has 2 aromatic rings. The number of likely N-dealkylation sites (tertiary alicyclic amines) is 1. The molecule has 0 radical (unpaired) electrons. The predicted octanol–water partition coefficient (Wildman–Crippen LogP) is 1.75. The number of rotatable bonds is 4. The van der Waals surface area contributed by atoms with Gasteiger partial charge in [0, 0.05) is 37.8 Å². The van der Waals surface area contributed by atoms with E-state index < -0.39 is 12.7 Å². The minimum atomic E-state index is -4.37. The zero-order chi connectivity index (χ0) is 16.4. The fraction of sp³-hybridized carbons (Fsp3) is 0.429. The lowest BCUT2D eigenvalue weighted by Crippen LogP contribution is -2.25. The van der Waals surface area contributed by atoms with Crippen LogP contribution in [-0.2, 0) is 17.9 Å². The van der Waals surface area contributed by atoms with E-state index in [0.717, 1.165) is 16.6 Å². The minimum Gasteiger partial charge on any atom is -0.338 e. The zero-order valence-corrected chi connectivity index (χ0v) is 12.1. The van der Waals surface area contributed by atoms with Crippen molar-refractivity contribution in [1.82, 2.24) is 24.6 Å². The summed E-state index contributed by atoms with van der Waals surface area (Å²) in [5.74, 6) is -0.282. The Kier molecular flexibility index (Phi) is 4.01. The number of hydrogen-bond acceptors (Lipinski definition) is 4. The molecule has 1 aliphatic heterocycles. The van der Waals surface area contributed by atoms with Crippen LogP contribution < -0.4 is 0 Å². The number of alkyl halides is 3. The average molecular weight is 325 g/mol. The second kappa shape index (κ2) is 5.98. The van der Waals surface area contributed by atoms with Gasteiger partial charge in [-0.3, -0.25) is 9.78 Å². The zero-order valence-electron chi connectivity index (χ0n) is 12.1. The Bertz CT molecular complexity index is 685. The number of amides is 1. The second-order valence-corrected chi connectivity index (χ2v) is 5.42. The Morgan fingerprint density at radius 1 is 1.26 bits per heavy atom. The molecule has 1 fully saturated rings. The molecule has 1 saturated heterocycles. The summed E-state index contributed by atoms with van der Waals surface area (Å²) < 4.78 is 38.5. The Balaban J connectivity index is 1.72. The van der Waals surface area contributed by atoms with Crippen LogP contribution in [0.2, 0.25) is 0 Å². The molecule has 0 aromatic carbocycles. The van der Waals surface area contributed by atoms with Gasteiger partial charge in [0.25, 0.3) is 0 Å². The highest BCUT2D eigenvalue weighted by Crippen LogP contribution is 2.29. The molecule has 9 heteroatoms. The molecule has 1 aliphatic rings. The Labute approximate surface area is 130 Å². The summed E-state index contributed by atoms with van der Waals surface area (Å²) in [6.07, 6.45) is 0.126. The number of carbonyl (C=O) groups excluding carboxylic acids is 1. The van der Waals surface area contributed by atoms with E-state index in [-0.39, 0.29) is 24.1 Å². The second-order valence-electron chi connectivity index (χ2n) is 5.42. The highest BCUT2D eigenvalue weighted by Gasteiger charge is 2.36. The smallest absolute Gasteiger partial charge is 0.338 e. The fourth-order valence-electron chi connectivity index (χ4n) is 2.69. The van der Waals surface area contributed by atoms with Crippen molar-refractivity contribution in [3.63, 3.8) is 0 Å². The summed E-state index contributed by atoms with van der Waals surface area (Å²) in [5, 5.41) is 3.63. The van der Waals surface area contributed by atoms with Gasteiger partial charge in [-0.2, -0.15) is 18.3 Å². The first-order valence-electron chi connectivity index (χ1n) is 7.03. The predicted molar refractivity (Wildman–Crippen MR) is 73.1 cm³/mol. The van der Waals surface area contributed by atoms with E-state index in [0.29, 0.717) is 13.1 Å². The molecule has 0 bridgehead atoms. The molecule has 0 unspecified atom stereocenters. The van der Waals surface area contributed by atoms with Gasteiger partial charge in [0.1, 0.15) is 18.7 Å². The van der Waals surface area contributed by atoms with Crippen molar-refractivity contribution in [2.45, 2.75) is 31.6 Å². The molecule has 3 heterocycles. The van der Waals surface area contributed by atoms with Crippen LogP contribution in [-0.4, -0.2) is 43.3 Å². The maximum atomic E-state index is 12.6. The van der Waals surface area contributed by atoms with Gasteiger partial charge < -0.3 is 4.90 Å². The van der Waals surface area contributed by atoms with Crippen LogP contribution in [0.15, 0.2) is 30.9 Å². The summed E-state index contributed by atoms with van der Waals surface area (Å²) in [6.45, 7) is -0.458. The molecule has 122 valence electrons. The average Bonchev–Trinajstić information content (AvgIpc) is 3.06. The highest BCUT2D eigenvalue weighted by molar-refractivity contribution is 5.79. The molecule has 0 N–H and O–H groups in total. The van der Waals surface area contributed by atoms with Crippen LogP contribution in [0.25, 0.3) is 0 Å². The van der Waals surface area contributed by atoms with Gasteiger partial charge in [-0.05, 0) is 17.7 Å². The van der Waals surface area contributed by atoms with Crippen molar-refractivity contribution in [3.05, 3.63) is 42.2 Å². The van der Waals surface area contributed by atoms with E-state index in [1.807, 2.05) is 0 Å². The van der Waals surface area contributed by atoms with Crippen molar-refractivity contribution in [2.75, 3.05) is 6.54 Å². The number of nitrogens with zero attached hydrogens (tertiary/aromatic N) is 5. The van der Waals surface area contributed by atoms with Gasteiger partial charge in [0.15, 0.2) is 0 Å². The lowest BCUT2D eigenvalue weighted by Gasteiger charge is -2.17. The normalized spacial score (nSPS) is 18.7. The van der Waals surface area contributed by atoms with Crippen LogP contribution in [0.3, 0.4) is 0 Å². The minimum absolute atomic E-state index is 0.103. The van der Waals surface area contributed by atoms with Crippen molar-refractivity contribution in [1.29, 1.82) is 0 Å². The third kappa shape index (κ3) is 3.66. The first kappa shape index (κ1) is 15.4. The molecule has 0 spiro atoms. The molecule has 0 saturated carbocycles. The van der Waals surface area contributed by atoms with Crippen LogP contribution in [0, 0.1) is 0 Å².